The molecule has 118 valence electrons. The molecule has 1 aliphatic rings. The number of para-hydroxylation sites is 1. The molecular weight excluding hydrogens is 304 g/mol. The molecule has 1 aromatic carbocycles. The molecule has 0 radical (unpaired) electrons. The van der Waals surface area contributed by atoms with Crippen LogP contribution in [0, 0.1) is 0 Å². The van der Waals surface area contributed by atoms with Gasteiger partial charge in [0.05, 0.1) is 11.1 Å². The highest BCUT2D eigenvalue weighted by Crippen LogP contribution is 2.28. The number of aromatic nitrogens is 2. The third-order valence-corrected chi connectivity index (χ3v) is 4.07. The number of piperazine rings is 1. The smallest absolute Gasteiger partial charge is 0.267 e. The first-order valence-corrected chi connectivity index (χ1v) is 7.68. The van der Waals surface area contributed by atoms with E-state index in [4.69, 9.17) is 20.9 Å². The average molecular weight is 323 g/mol. The van der Waals surface area contributed by atoms with E-state index >= 15 is 0 Å². The SMILES string of the molecule is CC(Oc1ccccc1Cl)c1nc(C2CNCCN2C)no1. The van der Waals surface area contributed by atoms with E-state index in [1.165, 1.54) is 0 Å². The van der Waals surface area contributed by atoms with Crippen LogP contribution in [0.3, 0.4) is 0 Å². The van der Waals surface area contributed by atoms with Gasteiger partial charge in [-0.25, -0.2) is 0 Å². The van der Waals surface area contributed by atoms with Crippen molar-refractivity contribution in [2.75, 3.05) is 26.7 Å². The summed E-state index contributed by atoms with van der Waals surface area (Å²) in [7, 11) is 2.06. The van der Waals surface area contributed by atoms with Crippen LogP contribution >= 0.6 is 11.6 Å². The molecule has 2 atom stereocenters. The van der Waals surface area contributed by atoms with Crippen LogP contribution in [0.1, 0.15) is 30.8 Å². The third kappa shape index (κ3) is 3.24. The van der Waals surface area contributed by atoms with Crippen LogP contribution < -0.4 is 10.1 Å². The molecule has 1 fully saturated rings. The molecule has 22 heavy (non-hydrogen) atoms. The summed E-state index contributed by atoms with van der Waals surface area (Å²) in [4.78, 5) is 6.70. The largest absolute Gasteiger partial charge is 0.479 e. The number of hydrogen-bond donors (Lipinski definition) is 1. The van der Waals surface area contributed by atoms with Gasteiger partial charge in [0.1, 0.15) is 5.75 Å². The van der Waals surface area contributed by atoms with Crippen molar-refractivity contribution in [2.45, 2.75) is 19.1 Å². The molecule has 1 N–H and O–H groups in total. The third-order valence-electron chi connectivity index (χ3n) is 3.75. The van der Waals surface area contributed by atoms with Crippen LogP contribution in [0.25, 0.3) is 0 Å². The number of likely N-dealkylation sites (N-methyl/N-ethyl adjacent to an activating group) is 1. The Balaban J connectivity index is 1.71. The minimum atomic E-state index is -0.358. The molecule has 2 unspecified atom stereocenters. The van der Waals surface area contributed by atoms with Crippen LogP contribution in [0.5, 0.6) is 5.75 Å². The summed E-state index contributed by atoms with van der Waals surface area (Å²) in [6, 6.07) is 7.45. The van der Waals surface area contributed by atoms with Gasteiger partial charge in [-0.15, -0.1) is 0 Å². The number of hydrogen-bond acceptors (Lipinski definition) is 6. The Bertz CT molecular complexity index is 634. The lowest BCUT2D eigenvalue weighted by molar-refractivity contribution is 0.173. The summed E-state index contributed by atoms with van der Waals surface area (Å²) in [5.41, 5.74) is 0. The predicted molar refractivity (Wildman–Crippen MR) is 83.0 cm³/mol. The molecule has 0 bridgehead atoms. The summed E-state index contributed by atoms with van der Waals surface area (Å²) in [5, 5.41) is 7.99. The van der Waals surface area contributed by atoms with Crippen molar-refractivity contribution in [3.63, 3.8) is 0 Å². The first-order chi connectivity index (χ1) is 10.6. The lowest BCUT2D eigenvalue weighted by atomic mass is 10.2. The van der Waals surface area contributed by atoms with Crippen LogP contribution in [-0.2, 0) is 0 Å². The molecule has 7 heteroatoms. The molecule has 3 rings (SSSR count). The van der Waals surface area contributed by atoms with Crippen molar-refractivity contribution >= 4 is 11.6 Å². The zero-order valence-electron chi connectivity index (χ0n) is 12.6. The molecule has 1 saturated heterocycles. The van der Waals surface area contributed by atoms with Crippen LogP contribution in [0.4, 0.5) is 0 Å². The fourth-order valence-corrected chi connectivity index (χ4v) is 2.60. The molecule has 1 aromatic heterocycles. The zero-order chi connectivity index (χ0) is 15.5. The number of nitrogens with one attached hydrogen (secondary N) is 1. The number of halogens is 1. The molecule has 0 aliphatic carbocycles. The summed E-state index contributed by atoms with van der Waals surface area (Å²) >= 11 is 6.10. The molecular formula is C15H19ClN4O2. The lowest BCUT2D eigenvalue weighted by Crippen LogP contribution is -2.44. The van der Waals surface area contributed by atoms with Gasteiger partial charge in [-0.05, 0) is 26.1 Å². The Morgan fingerprint density at radius 1 is 1.45 bits per heavy atom. The van der Waals surface area contributed by atoms with Crippen LogP contribution in [-0.4, -0.2) is 41.7 Å². The summed E-state index contributed by atoms with van der Waals surface area (Å²) in [6.45, 7) is 4.61. The van der Waals surface area contributed by atoms with Gasteiger partial charge in [0.25, 0.3) is 5.89 Å². The second-order valence-electron chi connectivity index (χ2n) is 5.38. The Labute approximate surface area is 134 Å². The Kier molecular flexibility index (Phi) is 4.61. The fourth-order valence-electron chi connectivity index (χ4n) is 2.42. The quantitative estimate of drug-likeness (QED) is 0.933. The zero-order valence-corrected chi connectivity index (χ0v) is 13.4. The maximum atomic E-state index is 6.10. The maximum Gasteiger partial charge on any atom is 0.267 e. The van der Waals surface area contributed by atoms with Gasteiger partial charge in [0, 0.05) is 19.6 Å². The highest BCUT2D eigenvalue weighted by atomic mass is 35.5. The molecule has 2 heterocycles. The first-order valence-electron chi connectivity index (χ1n) is 7.31. The highest BCUT2D eigenvalue weighted by molar-refractivity contribution is 6.32. The van der Waals surface area contributed by atoms with Crippen LogP contribution in [0.2, 0.25) is 5.02 Å². The van der Waals surface area contributed by atoms with E-state index < -0.39 is 0 Å². The van der Waals surface area contributed by atoms with E-state index in [-0.39, 0.29) is 12.1 Å². The summed E-state index contributed by atoms with van der Waals surface area (Å²) in [5.74, 6) is 1.74. The number of ether oxygens (including phenoxy) is 1. The molecule has 2 aromatic rings. The van der Waals surface area contributed by atoms with Crippen LogP contribution in [0.15, 0.2) is 28.8 Å². The van der Waals surface area contributed by atoms with E-state index in [0.29, 0.717) is 22.5 Å². The Morgan fingerprint density at radius 3 is 3.05 bits per heavy atom. The van der Waals surface area contributed by atoms with Gasteiger partial charge in [0.2, 0.25) is 0 Å². The summed E-state index contributed by atoms with van der Waals surface area (Å²) in [6.07, 6.45) is -0.358. The second-order valence-corrected chi connectivity index (χ2v) is 5.79. The average Bonchev–Trinajstić information content (AvgIpc) is 3.00. The van der Waals surface area contributed by atoms with E-state index in [9.17, 15) is 0 Å². The Morgan fingerprint density at radius 2 is 2.27 bits per heavy atom. The summed E-state index contributed by atoms with van der Waals surface area (Å²) < 4.78 is 11.2. The monoisotopic (exact) mass is 322 g/mol. The van der Waals surface area contributed by atoms with Gasteiger partial charge >= 0.3 is 0 Å². The number of nitrogens with zero attached hydrogens (tertiary/aromatic N) is 3. The van der Waals surface area contributed by atoms with E-state index in [1.54, 1.807) is 6.07 Å². The molecule has 6 nitrogen and oxygen atoms in total. The van der Waals surface area contributed by atoms with Crippen molar-refractivity contribution in [3.8, 4) is 5.75 Å². The number of benzene rings is 1. The van der Waals surface area contributed by atoms with Crippen molar-refractivity contribution in [1.29, 1.82) is 0 Å². The van der Waals surface area contributed by atoms with Gasteiger partial charge in [-0.2, -0.15) is 4.98 Å². The van der Waals surface area contributed by atoms with Crippen molar-refractivity contribution < 1.29 is 9.26 Å². The van der Waals surface area contributed by atoms with Gasteiger partial charge in [-0.1, -0.05) is 28.9 Å². The lowest BCUT2D eigenvalue weighted by Gasteiger charge is -2.30. The van der Waals surface area contributed by atoms with E-state index in [0.717, 1.165) is 19.6 Å². The Hall–Kier alpha value is -1.63. The van der Waals surface area contributed by atoms with Gasteiger partial charge < -0.3 is 14.6 Å². The van der Waals surface area contributed by atoms with E-state index in [2.05, 4.69) is 27.4 Å². The minimum Gasteiger partial charge on any atom is -0.479 e. The predicted octanol–water partition coefficient (Wildman–Crippen LogP) is 2.44. The maximum absolute atomic E-state index is 6.10. The molecule has 0 spiro atoms. The van der Waals surface area contributed by atoms with E-state index in [1.807, 2.05) is 25.1 Å². The normalized spacial score (nSPS) is 20.8. The van der Waals surface area contributed by atoms with Crippen molar-refractivity contribution in [3.05, 3.63) is 41.0 Å². The highest BCUT2D eigenvalue weighted by Gasteiger charge is 2.26. The molecule has 0 amide bonds. The van der Waals surface area contributed by atoms with Crippen molar-refractivity contribution in [2.24, 2.45) is 0 Å². The topological polar surface area (TPSA) is 63.4 Å². The fraction of sp³-hybridized carbons (Fsp3) is 0.467. The molecule has 1 aliphatic heterocycles. The van der Waals surface area contributed by atoms with Gasteiger partial charge in [-0.3, -0.25) is 4.90 Å². The van der Waals surface area contributed by atoms with Gasteiger partial charge in [0.15, 0.2) is 11.9 Å². The van der Waals surface area contributed by atoms with Crippen molar-refractivity contribution in [1.82, 2.24) is 20.4 Å². The standard InChI is InChI=1S/C15H19ClN4O2/c1-10(21-13-6-4-3-5-11(13)16)15-18-14(19-22-15)12-9-17-7-8-20(12)2/h3-6,10,12,17H,7-9H2,1-2H3. The number of rotatable bonds is 4. The second kappa shape index (κ2) is 6.64. The first kappa shape index (κ1) is 15.3. The molecule has 0 saturated carbocycles. The minimum absolute atomic E-state index is 0.124.